The Morgan fingerprint density at radius 1 is 1.13 bits per heavy atom. The molecule has 1 aliphatic rings. The van der Waals surface area contributed by atoms with E-state index < -0.39 is 0 Å². The van der Waals surface area contributed by atoms with E-state index in [-0.39, 0.29) is 17.6 Å². The van der Waals surface area contributed by atoms with Gasteiger partial charge in [0.25, 0.3) is 11.8 Å². The predicted octanol–water partition coefficient (Wildman–Crippen LogP) is 4.33. The van der Waals surface area contributed by atoms with Crippen LogP contribution in [0.2, 0.25) is 4.34 Å². The highest BCUT2D eigenvalue weighted by Crippen LogP contribution is 2.30. The van der Waals surface area contributed by atoms with E-state index in [9.17, 15) is 9.59 Å². The third-order valence-corrected chi connectivity index (χ3v) is 6.38. The molecule has 0 bridgehead atoms. The van der Waals surface area contributed by atoms with Crippen molar-refractivity contribution >= 4 is 46.3 Å². The van der Waals surface area contributed by atoms with E-state index in [0.717, 1.165) is 23.1 Å². The van der Waals surface area contributed by atoms with Gasteiger partial charge < -0.3 is 16.0 Å². The fraction of sp³-hybridized carbons (Fsp3) is 0.174. The Balaban J connectivity index is 1.43. The summed E-state index contributed by atoms with van der Waals surface area (Å²) in [5.41, 5.74) is 9.53. The molecule has 31 heavy (non-hydrogen) atoms. The minimum atomic E-state index is -0.276. The smallest absolute Gasteiger partial charge is 0.265 e. The van der Waals surface area contributed by atoms with Gasteiger partial charge in [0.1, 0.15) is 0 Å². The van der Waals surface area contributed by atoms with Crippen molar-refractivity contribution in [2.45, 2.75) is 19.4 Å². The van der Waals surface area contributed by atoms with Crippen LogP contribution in [0.3, 0.4) is 0 Å². The summed E-state index contributed by atoms with van der Waals surface area (Å²) in [6, 6.07) is 16.8. The van der Waals surface area contributed by atoms with Crippen LogP contribution in [0.4, 0.5) is 5.69 Å². The number of carbonyl (C=O) groups excluding carboxylic acids is 2. The molecule has 3 aromatic rings. The topological polar surface area (TPSA) is 99.3 Å². The predicted molar refractivity (Wildman–Crippen MR) is 124 cm³/mol. The van der Waals surface area contributed by atoms with Gasteiger partial charge in [0.15, 0.2) is 0 Å². The molecule has 4 rings (SSSR count). The zero-order chi connectivity index (χ0) is 22.0. The molecule has 0 unspecified atom stereocenters. The highest BCUT2D eigenvalue weighted by atomic mass is 35.5. The van der Waals surface area contributed by atoms with Crippen LogP contribution >= 0.6 is 22.9 Å². The molecule has 0 spiro atoms. The molecule has 1 aliphatic heterocycles. The summed E-state index contributed by atoms with van der Waals surface area (Å²) in [7, 11) is 0. The van der Waals surface area contributed by atoms with Gasteiger partial charge in [-0.2, -0.15) is 0 Å². The molecule has 0 aliphatic carbocycles. The van der Waals surface area contributed by atoms with Gasteiger partial charge in [-0.3, -0.25) is 15.0 Å². The Hall–Kier alpha value is -3.16. The number of nitrogens with one attached hydrogen (secondary N) is 2. The van der Waals surface area contributed by atoms with Crippen molar-refractivity contribution in [3.8, 4) is 0 Å². The Morgan fingerprint density at radius 2 is 1.87 bits per heavy atom. The number of halogens is 1. The summed E-state index contributed by atoms with van der Waals surface area (Å²) in [6.45, 7) is 1.10. The van der Waals surface area contributed by atoms with Crippen molar-refractivity contribution in [1.82, 2.24) is 4.90 Å². The van der Waals surface area contributed by atoms with Gasteiger partial charge in [0.2, 0.25) is 0 Å². The first-order valence-electron chi connectivity index (χ1n) is 9.79. The normalized spacial score (nSPS) is 12.7. The summed E-state index contributed by atoms with van der Waals surface area (Å²) in [6.07, 6.45) is 1.15. The van der Waals surface area contributed by atoms with Crippen molar-refractivity contribution in [3.63, 3.8) is 0 Å². The van der Waals surface area contributed by atoms with Crippen LogP contribution in [0.15, 0.2) is 54.6 Å². The van der Waals surface area contributed by atoms with Gasteiger partial charge in [-0.1, -0.05) is 48.0 Å². The standard InChI is InChI=1S/C23H21ClN4O2S/c24-19-9-8-18(31-19)22(29)27-17-3-1-2-16-13-28(23(30)21(16)17)11-10-14-4-6-15(7-5-14)12-20(25)26/h1-9H,10-13H2,(H3,25,26)(H,27,29). The number of carbonyl (C=O) groups is 2. The van der Waals surface area contributed by atoms with Gasteiger partial charge in [0, 0.05) is 19.5 Å². The highest BCUT2D eigenvalue weighted by Gasteiger charge is 2.30. The summed E-state index contributed by atoms with van der Waals surface area (Å²) < 4.78 is 0.542. The number of nitrogens with two attached hydrogens (primary N) is 1. The van der Waals surface area contributed by atoms with Crippen molar-refractivity contribution in [2.24, 2.45) is 5.73 Å². The van der Waals surface area contributed by atoms with E-state index in [1.54, 1.807) is 23.1 Å². The Kier molecular flexibility index (Phi) is 6.06. The molecule has 0 saturated heterocycles. The molecular formula is C23H21ClN4O2S. The van der Waals surface area contributed by atoms with E-state index in [2.05, 4.69) is 5.32 Å². The maximum atomic E-state index is 13.1. The maximum absolute atomic E-state index is 13.1. The minimum absolute atomic E-state index is 0.0803. The Morgan fingerprint density at radius 3 is 2.55 bits per heavy atom. The largest absolute Gasteiger partial charge is 0.387 e. The van der Waals surface area contributed by atoms with Crippen LogP contribution in [0.5, 0.6) is 0 Å². The monoisotopic (exact) mass is 452 g/mol. The van der Waals surface area contributed by atoms with Gasteiger partial charge in [0.05, 0.1) is 26.3 Å². The molecule has 158 valence electrons. The van der Waals surface area contributed by atoms with E-state index in [4.69, 9.17) is 22.7 Å². The summed E-state index contributed by atoms with van der Waals surface area (Å²) in [4.78, 5) is 27.9. The Bertz CT molecular complexity index is 1160. The second kappa shape index (κ2) is 8.91. The lowest BCUT2D eigenvalue weighted by Crippen LogP contribution is -2.26. The maximum Gasteiger partial charge on any atom is 0.265 e. The van der Waals surface area contributed by atoms with Crippen LogP contribution < -0.4 is 11.1 Å². The Labute approximate surface area is 189 Å². The third-order valence-electron chi connectivity index (χ3n) is 5.15. The van der Waals surface area contributed by atoms with E-state index >= 15 is 0 Å². The average molecular weight is 453 g/mol. The van der Waals surface area contributed by atoms with Gasteiger partial charge >= 0.3 is 0 Å². The number of hydrogen-bond acceptors (Lipinski definition) is 4. The van der Waals surface area contributed by atoms with Crippen molar-refractivity contribution in [1.29, 1.82) is 5.41 Å². The first-order valence-corrected chi connectivity index (χ1v) is 11.0. The molecule has 4 N–H and O–H groups in total. The minimum Gasteiger partial charge on any atom is -0.387 e. The van der Waals surface area contributed by atoms with Crippen molar-refractivity contribution in [2.75, 3.05) is 11.9 Å². The van der Waals surface area contributed by atoms with E-state index in [1.165, 1.54) is 11.3 Å². The molecule has 2 aromatic carbocycles. The quantitative estimate of drug-likeness (QED) is 0.367. The molecule has 6 nitrogen and oxygen atoms in total. The lowest BCUT2D eigenvalue weighted by atomic mass is 10.1. The molecule has 0 fully saturated rings. The fourth-order valence-electron chi connectivity index (χ4n) is 3.63. The molecule has 1 aromatic heterocycles. The number of amides is 2. The zero-order valence-electron chi connectivity index (χ0n) is 16.7. The first kappa shape index (κ1) is 21.1. The highest BCUT2D eigenvalue weighted by molar-refractivity contribution is 7.18. The number of fused-ring (bicyclic) bond motifs is 1. The molecule has 0 saturated carbocycles. The van der Waals surface area contributed by atoms with Gasteiger partial charge in [-0.05, 0) is 41.3 Å². The summed E-state index contributed by atoms with van der Waals surface area (Å²) in [5.74, 6) is -0.219. The molecule has 0 radical (unpaired) electrons. The van der Waals surface area contributed by atoms with E-state index in [1.807, 2.05) is 36.4 Å². The number of benzene rings is 2. The zero-order valence-corrected chi connectivity index (χ0v) is 18.2. The fourth-order valence-corrected chi connectivity index (χ4v) is 4.57. The average Bonchev–Trinajstić information content (AvgIpc) is 3.31. The SMILES string of the molecule is N=C(N)Cc1ccc(CCN2Cc3cccc(NC(=O)c4ccc(Cl)s4)c3C2=O)cc1. The second-order valence-corrected chi connectivity index (χ2v) is 9.11. The van der Waals surface area contributed by atoms with Crippen molar-refractivity contribution < 1.29 is 9.59 Å². The lowest BCUT2D eigenvalue weighted by molar-refractivity contribution is 0.0781. The van der Waals surface area contributed by atoms with Crippen LogP contribution in [-0.4, -0.2) is 29.1 Å². The van der Waals surface area contributed by atoms with Crippen LogP contribution in [0, 0.1) is 5.41 Å². The number of anilines is 1. The number of thiophene rings is 1. The van der Waals surface area contributed by atoms with Crippen LogP contribution in [-0.2, 0) is 19.4 Å². The number of nitrogens with zero attached hydrogens (tertiary/aromatic N) is 1. The van der Waals surface area contributed by atoms with Crippen LogP contribution in [0.25, 0.3) is 0 Å². The lowest BCUT2D eigenvalue weighted by Gasteiger charge is -2.16. The molecule has 2 heterocycles. The van der Waals surface area contributed by atoms with Crippen molar-refractivity contribution in [3.05, 3.63) is 86.1 Å². The first-order chi connectivity index (χ1) is 14.9. The number of rotatable bonds is 7. The third kappa shape index (κ3) is 4.78. The summed E-state index contributed by atoms with van der Waals surface area (Å²) >= 11 is 7.12. The van der Waals surface area contributed by atoms with Gasteiger partial charge in [-0.15, -0.1) is 11.3 Å². The van der Waals surface area contributed by atoms with Gasteiger partial charge in [-0.25, -0.2) is 0 Å². The molecule has 0 atom stereocenters. The number of hydrogen-bond donors (Lipinski definition) is 3. The second-order valence-electron chi connectivity index (χ2n) is 7.39. The van der Waals surface area contributed by atoms with Crippen LogP contribution in [0.1, 0.15) is 36.7 Å². The molecule has 2 amide bonds. The molecular weight excluding hydrogens is 432 g/mol. The summed E-state index contributed by atoms with van der Waals surface area (Å²) in [5, 5.41) is 10.2. The van der Waals surface area contributed by atoms with E-state index in [0.29, 0.717) is 40.0 Å². The molecule has 8 heteroatoms. The number of amidine groups is 1.